The van der Waals surface area contributed by atoms with Crippen LogP contribution in [0.5, 0.6) is 5.75 Å². The van der Waals surface area contributed by atoms with Gasteiger partial charge < -0.3 is 9.84 Å². The van der Waals surface area contributed by atoms with Crippen LogP contribution in [0.25, 0.3) is 11.1 Å². The molecular formula is C21H22N2O3S. The first-order valence-electron chi connectivity index (χ1n) is 8.65. The van der Waals surface area contributed by atoms with Gasteiger partial charge in [-0.1, -0.05) is 6.07 Å². The third kappa shape index (κ3) is 4.93. The van der Waals surface area contributed by atoms with Crippen LogP contribution in [-0.4, -0.2) is 34.6 Å². The molecule has 6 heteroatoms. The Morgan fingerprint density at radius 1 is 1.22 bits per heavy atom. The number of carbonyl (C=O) groups is 1. The van der Waals surface area contributed by atoms with Gasteiger partial charge in [0.05, 0.1) is 0 Å². The molecule has 1 atom stereocenters. The van der Waals surface area contributed by atoms with E-state index in [-0.39, 0.29) is 12.6 Å². The highest BCUT2D eigenvalue weighted by atomic mass is 32.1. The van der Waals surface area contributed by atoms with Gasteiger partial charge in [-0.2, -0.15) is 11.3 Å². The zero-order chi connectivity index (χ0) is 19.2. The molecule has 3 rings (SSSR count). The molecule has 0 aliphatic heterocycles. The van der Waals surface area contributed by atoms with Crippen molar-refractivity contribution in [2.75, 3.05) is 13.7 Å². The number of rotatable bonds is 8. The summed E-state index contributed by atoms with van der Waals surface area (Å²) in [6.07, 6.45) is 3.58. The predicted molar refractivity (Wildman–Crippen MR) is 107 cm³/mol. The second kappa shape index (κ2) is 8.79. The number of aliphatic carboxylic acids is 1. The number of benzene rings is 1. The monoisotopic (exact) mass is 382 g/mol. The van der Waals surface area contributed by atoms with Crippen LogP contribution in [0.3, 0.4) is 0 Å². The molecule has 140 valence electrons. The highest BCUT2D eigenvalue weighted by Gasteiger charge is 2.16. The van der Waals surface area contributed by atoms with Crippen molar-refractivity contribution in [3.05, 3.63) is 70.7 Å². The normalized spacial score (nSPS) is 12.1. The van der Waals surface area contributed by atoms with E-state index in [2.05, 4.69) is 34.3 Å². The van der Waals surface area contributed by atoms with Crippen LogP contribution in [0.1, 0.15) is 24.1 Å². The van der Waals surface area contributed by atoms with Crippen molar-refractivity contribution in [1.29, 1.82) is 0 Å². The van der Waals surface area contributed by atoms with Crippen molar-refractivity contribution in [3.63, 3.8) is 0 Å². The van der Waals surface area contributed by atoms with Gasteiger partial charge >= 0.3 is 5.97 Å². The Morgan fingerprint density at radius 3 is 2.67 bits per heavy atom. The molecule has 0 saturated carbocycles. The average molecular weight is 382 g/mol. The maximum Gasteiger partial charge on any atom is 0.341 e. The summed E-state index contributed by atoms with van der Waals surface area (Å²) in [5.74, 6) is -0.383. The zero-order valence-electron chi connectivity index (χ0n) is 15.3. The zero-order valence-corrected chi connectivity index (χ0v) is 16.1. The predicted octanol–water partition coefficient (Wildman–Crippen LogP) is 4.47. The van der Waals surface area contributed by atoms with Gasteiger partial charge in [-0.15, -0.1) is 0 Å². The van der Waals surface area contributed by atoms with E-state index in [0.29, 0.717) is 12.3 Å². The van der Waals surface area contributed by atoms with Gasteiger partial charge in [0, 0.05) is 30.5 Å². The van der Waals surface area contributed by atoms with Gasteiger partial charge in [-0.3, -0.25) is 9.88 Å². The minimum Gasteiger partial charge on any atom is -0.482 e. The molecule has 5 nitrogen and oxygen atoms in total. The fourth-order valence-electron chi connectivity index (χ4n) is 2.89. The van der Waals surface area contributed by atoms with E-state index >= 15 is 0 Å². The number of hydrogen-bond acceptors (Lipinski definition) is 5. The van der Waals surface area contributed by atoms with Crippen LogP contribution in [0.2, 0.25) is 0 Å². The molecule has 0 aliphatic carbocycles. The molecular weight excluding hydrogens is 360 g/mol. The maximum absolute atomic E-state index is 10.9. The molecule has 0 fully saturated rings. The Hall–Kier alpha value is -2.70. The number of nitrogens with zero attached hydrogens (tertiary/aromatic N) is 2. The van der Waals surface area contributed by atoms with Crippen molar-refractivity contribution in [2.24, 2.45) is 0 Å². The Balaban J connectivity index is 1.85. The number of aromatic nitrogens is 1. The lowest BCUT2D eigenvalue weighted by atomic mass is 10.0. The molecule has 0 unspecified atom stereocenters. The minimum absolute atomic E-state index is 0.185. The van der Waals surface area contributed by atoms with Crippen LogP contribution in [0.15, 0.2) is 59.6 Å². The second-order valence-electron chi connectivity index (χ2n) is 6.39. The highest BCUT2D eigenvalue weighted by molar-refractivity contribution is 7.08. The van der Waals surface area contributed by atoms with E-state index < -0.39 is 5.97 Å². The minimum atomic E-state index is -0.985. The number of pyridine rings is 1. The lowest BCUT2D eigenvalue weighted by molar-refractivity contribution is -0.139. The molecule has 0 spiro atoms. The topological polar surface area (TPSA) is 62.7 Å². The van der Waals surface area contributed by atoms with E-state index in [9.17, 15) is 4.79 Å². The third-order valence-electron chi connectivity index (χ3n) is 4.54. The Labute approximate surface area is 162 Å². The van der Waals surface area contributed by atoms with Crippen molar-refractivity contribution in [1.82, 2.24) is 9.88 Å². The molecule has 1 aromatic carbocycles. The maximum atomic E-state index is 10.9. The van der Waals surface area contributed by atoms with Gasteiger partial charge in [0.2, 0.25) is 0 Å². The Morgan fingerprint density at radius 2 is 2.00 bits per heavy atom. The first-order chi connectivity index (χ1) is 13.0. The smallest absolute Gasteiger partial charge is 0.341 e. The fraction of sp³-hybridized carbons (Fsp3) is 0.238. The van der Waals surface area contributed by atoms with Crippen LogP contribution >= 0.6 is 11.3 Å². The van der Waals surface area contributed by atoms with Crippen LogP contribution in [0, 0.1) is 0 Å². The summed E-state index contributed by atoms with van der Waals surface area (Å²) >= 11 is 1.65. The Kier molecular flexibility index (Phi) is 6.21. The van der Waals surface area contributed by atoms with E-state index in [1.807, 2.05) is 36.7 Å². The number of thiophene rings is 1. The summed E-state index contributed by atoms with van der Waals surface area (Å²) in [4.78, 5) is 17.2. The van der Waals surface area contributed by atoms with Gasteiger partial charge in [-0.05, 0) is 71.8 Å². The summed E-state index contributed by atoms with van der Waals surface area (Å²) in [5.41, 5.74) is 4.38. The molecule has 1 N–H and O–H groups in total. The summed E-state index contributed by atoms with van der Waals surface area (Å²) < 4.78 is 5.52. The summed E-state index contributed by atoms with van der Waals surface area (Å²) in [6.45, 7) is 2.42. The van der Waals surface area contributed by atoms with Crippen molar-refractivity contribution in [3.8, 4) is 16.9 Å². The quantitative estimate of drug-likeness (QED) is 0.623. The Bertz CT molecular complexity index is 882. The molecule has 0 amide bonds. The molecule has 0 bridgehead atoms. The second-order valence-corrected chi connectivity index (χ2v) is 7.17. The standard InChI is InChI=1S/C21H22N2O3S/c1-15(16-5-8-22-9-6-16)23(2)12-19-11-17(18-7-10-27-14-18)3-4-20(19)26-13-21(24)25/h3-11,14-15H,12-13H2,1-2H3,(H,24,25)/t15-/m0/s1. The summed E-state index contributed by atoms with van der Waals surface area (Å²) in [7, 11) is 2.04. The first kappa shape index (κ1) is 19.1. The molecule has 0 aliphatic rings. The van der Waals surface area contributed by atoms with Crippen molar-refractivity contribution in [2.45, 2.75) is 19.5 Å². The summed E-state index contributed by atoms with van der Waals surface area (Å²) in [6, 6.07) is 12.2. The molecule has 27 heavy (non-hydrogen) atoms. The summed E-state index contributed by atoms with van der Waals surface area (Å²) in [5, 5.41) is 13.1. The lowest BCUT2D eigenvalue weighted by Gasteiger charge is -2.26. The number of ether oxygens (including phenoxy) is 1. The molecule has 0 radical (unpaired) electrons. The van der Waals surface area contributed by atoms with Gasteiger partial charge in [-0.25, -0.2) is 4.79 Å². The van der Waals surface area contributed by atoms with Crippen LogP contribution in [-0.2, 0) is 11.3 Å². The first-order valence-corrected chi connectivity index (χ1v) is 9.59. The van der Waals surface area contributed by atoms with Crippen molar-refractivity contribution < 1.29 is 14.6 Å². The van der Waals surface area contributed by atoms with Crippen LogP contribution < -0.4 is 4.74 Å². The molecule has 2 heterocycles. The SMILES string of the molecule is C[C@@H](c1ccncc1)N(C)Cc1cc(-c2ccsc2)ccc1OCC(=O)O. The highest BCUT2D eigenvalue weighted by Crippen LogP contribution is 2.30. The average Bonchev–Trinajstić information content (AvgIpc) is 3.21. The third-order valence-corrected chi connectivity index (χ3v) is 5.22. The van der Waals surface area contributed by atoms with Crippen molar-refractivity contribution >= 4 is 17.3 Å². The molecule has 3 aromatic rings. The van der Waals surface area contributed by atoms with E-state index in [4.69, 9.17) is 9.84 Å². The fourth-order valence-corrected chi connectivity index (χ4v) is 3.56. The number of carboxylic acid groups (broad SMARTS) is 1. The van der Waals surface area contributed by atoms with Gasteiger partial charge in [0.1, 0.15) is 5.75 Å². The van der Waals surface area contributed by atoms with E-state index in [1.54, 1.807) is 23.7 Å². The molecule has 0 saturated heterocycles. The van der Waals surface area contributed by atoms with Gasteiger partial charge in [0.25, 0.3) is 0 Å². The lowest BCUT2D eigenvalue weighted by Crippen LogP contribution is -2.22. The van der Waals surface area contributed by atoms with E-state index in [1.165, 1.54) is 5.56 Å². The molecule has 2 aromatic heterocycles. The number of hydrogen-bond donors (Lipinski definition) is 1. The van der Waals surface area contributed by atoms with Crippen LogP contribution in [0.4, 0.5) is 0 Å². The number of carboxylic acids is 1. The largest absolute Gasteiger partial charge is 0.482 e. The van der Waals surface area contributed by atoms with Gasteiger partial charge in [0.15, 0.2) is 6.61 Å². The van der Waals surface area contributed by atoms with E-state index in [0.717, 1.165) is 16.7 Å².